The summed E-state index contributed by atoms with van der Waals surface area (Å²) in [5.74, 6) is -0.0544. The summed E-state index contributed by atoms with van der Waals surface area (Å²) in [6.45, 7) is 3.48. The number of fused-ring (bicyclic) bond motifs is 2. The summed E-state index contributed by atoms with van der Waals surface area (Å²) >= 11 is 0. The van der Waals surface area contributed by atoms with Crippen LogP contribution in [-0.4, -0.2) is 42.6 Å². The van der Waals surface area contributed by atoms with Crippen LogP contribution >= 0.6 is 0 Å². The molecule has 1 unspecified atom stereocenters. The van der Waals surface area contributed by atoms with Gasteiger partial charge in [-0.15, -0.1) is 0 Å². The number of aromatic nitrogens is 1. The second kappa shape index (κ2) is 8.61. The Morgan fingerprint density at radius 1 is 1.06 bits per heavy atom. The summed E-state index contributed by atoms with van der Waals surface area (Å²) < 4.78 is 5.56. The number of benzene rings is 2. The first-order chi connectivity index (χ1) is 15.6. The van der Waals surface area contributed by atoms with Crippen molar-refractivity contribution < 1.29 is 14.3 Å². The number of ether oxygens (including phenoxy) is 1. The van der Waals surface area contributed by atoms with Gasteiger partial charge < -0.3 is 14.5 Å². The number of para-hydroxylation sites is 2. The quantitative estimate of drug-likeness (QED) is 0.577. The van der Waals surface area contributed by atoms with Crippen LogP contribution in [0.1, 0.15) is 42.1 Å². The topological polar surface area (TPSA) is 62.7 Å². The van der Waals surface area contributed by atoms with Crippen molar-refractivity contribution in [1.29, 1.82) is 0 Å². The van der Waals surface area contributed by atoms with Crippen LogP contribution in [0.5, 0.6) is 0 Å². The Kier molecular flexibility index (Phi) is 5.52. The number of hydrogen-bond donors (Lipinski definition) is 0. The van der Waals surface area contributed by atoms with Gasteiger partial charge in [0.25, 0.3) is 5.91 Å². The van der Waals surface area contributed by atoms with Crippen molar-refractivity contribution in [1.82, 2.24) is 4.98 Å². The van der Waals surface area contributed by atoms with E-state index in [1.807, 2.05) is 55.5 Å². The zero-order valence-corrected chi connectivity index (χ0v) is 18.3. The lowest BCUT2D eigenvalue weighted by Crippen LogP contribution is -2.44. The number of pyridine rings is 1. The van der Waals surface area contributed by atoms with Crippen LogP contribution in [0.15, 0.2) is 54.6 Å². The predicted octanol–water partition coefficient (Wildman–Crippen LogP) is 4.36. The first kappa shape index (κ1) is 20.5. The van der Waals surface area contributed by atoms with E-state index in [1.165, 1.54) is 0 Å². The molecule has 1 saturated heterocycles. The van der Waals surface area contributed by atoms with Crippen LogP contribution < -0.4 is 9.80 Å². The Morgan fingerprint density at radius 2 is 1.81 bits per heavy atom. The lowest BCUT2D eigenvalue weighted by molar-refractivity contribution is -0.122. The maximum Gasteiger partial charge on any atom is 0.342 e. The van der Waals surface area contributed by atoms with E-state index in [0.29, 0.717) is 11.4 Å². The molecule has 0 radical (unpaired) electrons. The largest absolute Gasteiger partial charge is 0.452 e. The minimum Gasteiger partial charge on any atom is -0.452 e. The van der Waals surface area contributed by atoms with Gasteiger partial charge in [-0.25, -0.2) is 9.78 Å². The van der Waals surface area contributed by atoms with Crippen LogP contribution in [0.3, 0.4) is 0 Å². The number of carbonyl (C=O) groups excluding carboxylic acids is 2. The van der Waals surface area contributed by atoms with Crippen LogP contribution in [-0.2, 0) is 16.0 Å². The molecular formula is C26H27N3O3. The Morgan fingerprint density at radius 3 is 2.66 bits per heavy atom. The molecule has 1 amide bonds. The van der Waals surface area contributed by atoms with Gasteiger partial charge in [-0.2, -0.15) is 0 Å². The highest BCUT2D eigenvalue weighted by Gasteiger charge is 2.29. The minimum absolute atomic E-state index is 0.0681. The highest BCUT2D eigenvalue weighted by molar-refractivity contribution is 6.02. The molecule has 0 N–H and O–H groups in total. The zero-order chi connectivity index (χ0) is 22.1. The van der Waals surface area contributed by atoms with E-state index >= 15 is 0 Å². The molecule has 164 valence electrons. The molecule has 2 aromatic carbocycles. The molecule has 6 nitrogen and oxygen atoms in total. The number of rotatable bonds is 4. The van der Waals surface area contributed by atoms with Gasteiger partial charge in [0.1, 0.15) is 11.4 Å². The van der Waals surface area contributed by atoms with Crippen LogP contribution in [0, 0.1) is 0 Å². The molecular weight excluding hydrogens is 402 g/mol. The Labute approximate surface area is 187 Å². The number of carbonyl (C=O) groups is 2. The number of amides is 1. The summed E-state index contributed by atoms with van der Waals surface area (Å²) in [6, 6.07) is 17.6. The number of esters is 1. The third kappa shape index (κ3) is 3.81. The first-order valence-electron chi connectivity index (χ1n) is 11.3. The van der Waals surface area contributed by atoms with Crippen molar-refractivity contribution in [3.05, 3.63) is 65.7 Å². The molecule has 1 aromatic heterocycles. The fraction of sp³-hybridized carbons (Fsp3) is 0.346. The third-order valence-corrected chi connectivity index (χ3v) is 6.45. The lowest BCUT2D eigenvalue weighted by Gasteiger charge is -2.35. The Bertz CT molecular complexity index is 1170. The molecule has 5 rings (SSSR count). The van der Waals surface area contributed by atoms with Gasteiger partial charge in [-0.3, -0.25) is 4.79 Å². The first-order valence-corrected chi connectivity index (χ1v) is 11.3. The van der Waals surface area contributed by atoms with E-state index in [9.17, 15) is 9.59 Å². The van der Waals surface area contributed by atoms with E-state index in [-0.39, 0.29) is 18.6 Å². The number of anilines is 2. The van der Waals surface area contributed by atoms with Crippen LogP contribution in [0.2, 0.25) is 0 Å². The molecule has 2 aliphatic rings. The minimum atomic E-state index is -0.503. The van der Waals surface area contributed by atoms with Crippen molar-refractivity contribution in [2.75, 3.05) is 29.5 Å². The van der Waals surface area contributed by atoms with E-state index in [2.05, 4.69) is 11.0 Å². The van der Waals surface area contributed by atoms with Gasteiger partial charge in [-0.1, -0.05) is 36.4 Å². The molecule has 6 heteroatoms. The average Bonchev–Trinajstić information content (AvgIpc) is 3.36. The second-order valence-electron chi connectivity index (χ2n) is 8.60. The van der Waals surface area contributed by atoms with Crippen LogP contribution in [0.25, 0.3) is 10.9 Å². The Hall–Kier alpha value is -3.41. The molecule has 1 fully saturated rings. The van der Waals surface area contributed by atoms with Crippen molar-refractivity contribution in [3.8, 4) is 0 Å². The summed E-state index contributed by atoms with van der Waals surface area (Å²) in [5, 5.41) is 0.882. The third-order valence-electron chi connectivity index (χ3n) is 6.45. The molecule has 0 spiro atoms. The molecule has 1 atom stereocenters. The monoisotopic (exact) mass is 429 g/mol. The van der Waals surface area contributed by atoms with Gasteiger partial charge in [0.15, 0.2) is 6.61 Å². The predicted molar refractivity (Wildman–Crippen MR) is 125 cm³/mol. The van der Waals surface area contributed by atoms with Crippen LogP contribution in [0.4, 0.5) is 11.5 Å². The smallest absolute Gasteiger partial charge is 0.342 e. The van der Waals surface area contributed by atoms with E-state index < -0.39 is 5.97 Å². The van der Waals surface area contributed by atoms with Crippen molar-refractivity contribution >= 4 is 34.3 Å². The maximum atomic E-state index is 13.1. The van der Waals surface area contributed by atoms with E-state index in [1.54, 1.807) is 4.90 Å². The van der Waals surface area contributed by atoms with Gasteiger partial charge in [0.2, 0.25) is 0 Å². The van der Waals surface area contributed by atoms with Gasteiger partial charge in [0.05, 0.1) is 5.52 Å². The fourth-order valence-electron chi connectivity index (χ4n) is 4.77. The van der Waals surface area contributed by atoms with Crippen molar-refractivity contribution in [3.63, 3.8) is 0 Å². The molecule has 0 aliphatic carbocycles. The average molecular weight is 430 g/mol. The molecule has 0 bridgehead atoms. The summed E-state index contributed by atoms with van der Waals surface area (Å²) in [5.41, 5.74) is 3.34. The van der Waals surface area contributed by atoms with E-state index in [0.717, 1.165) is 60.9 Å². The molecule has 3 heterocycles. The van der Waals surface area contributed by atoms with Crippen molar-refractivity contribution in [2.24, 2.45) is 0 Å². The van der Waals surface area contributed by atoms with Gasteiger partial charge in [-0.05, 0) is 56.4 Å². The summed E-state index contributed by atoms with van der Waals surface area (Å²) in [7, 11) is 0. The molecule has 0 saturated carbocycles. The highest BCUT2D eigenvalue weighted by Crippen LogP contribution is 2.31. The lowest BCUT2D eigenvalue weighted by atomic mass is 9.96. The summed E-state index contributed by atoms with van der Waals surface area (Å²) in [4.78, 5) is 34.9. The van der Waals surface area contributed by atoms with Crippen molar-refractivity contribution in [2.45, 2.75) is 38.6 Å². The highest BCUT2D eigenvalue weighted by atomic mass is 16.5. The van der Waals surface area contributed by atoms with E-state index in [4.69, 9.17) is 9.72 Å². The van der Waals surface area contributed by atoms with Gasteiger partial charge in [0, 0.05) is 30.2 Å². The normalized spacial score (nSPS) is 18.0. The fourth-order valence-corrected chi connectivity index (χ4v) is 4.77. The maximum absolute atomic E-state index is 13.1. The molecule has 2 aliphatic heterocycles. The summed E-state index contributed by atoms with van der Waals surface area (Å²) in [6.07, 6.45) is 3.99. The second-order valence-corrected chi connectivity index (χ2v) is 8.60. The zero-order valence-electron chi connectivity index (χ0n) is 18.3. The molecule has 32 heavy (non-hydrogen) atoms. The number of hydrogen-bond acceptors (Lipinski definition) is 5. The number of aryl methyl sites for hydroxylation is 1. The molecule has 3 aromatic rings. The standard InChI is InChI=1S/C26H27N3O3/c1-18-12-13-19-8-3-5-11-23(19)29(18)24(30)17-32-26(31)21-16-20-9-2-4-10-22(20)27-25(21)28-14-6-7-15-28/h2-5,8-11,16,18H,6-7,12-15,17H2,1H3. The SMILES string of the molecule is CC1CCc2ccccc2N1C(=O)COC(=O)c1cc2ccccc2nc1N1CCCC1. The Balaban J connectivity index is 1.38. The van der Waals surface area contributed by atoms with Gasteiger partial charge >= 0.3 is 5.97 Å². The number of nitrogens with zero attached hydrogens (tertiary/aromatic N) is 3.